The number of nitriles is 1. The molecule has 0 spiro atoms. The molecule has 2 nitrogen and oxygen atoms in total. The van der Waals surface area contributed by atoms with Gasteiger partial charge in [-0.05, 0) is 31.6 Å². The second-order valence-electron chi connectivity index (χ2n) is 4.30. The fourth-order valence-electron chi connectivity index (χ4n) is 2.29. The lowest BCUT2D eigenvalue weighted by Crippen LogP contribution is -2.24. The third-order valence-electron chi connectivity index (χ3n) is 3.20. The van der Waals surface area contributed by atoms with Crippen molar-refractivity contribution >= 4 is 5.78 Å². The number of rotatable bonds is 3. The van der Waals surface area contributed by atoms with Gasteiger partial charge in [0.15, 0.2) is 0 Å². The van der Waals surface area contributed by atoms with Gasteiger partial charge in [-0.3, -0.25) is 4.79 Å². The minimum absolute atomic E-state index is 0.159. The highest BCUT2D eigenvalue weighted by atomic mass is 16.1. The van der Waals surface area contributed by atoms with Crippen LogP contribution in [0.5, 0.6) is 0 Å². The molecular weight excluding hydrogens is 186 g/mol. The minimum atomic E-state index is -0.356. The lowest BCUT2D eigenvalue weighted by atomic mass is 9.79. The molecule has 15 heavy (non-hydrogen) atoms. The van der Waals surface area contributed by atoms with Crippen LogP contribution < -0.4 is 0 Å². The van der Waals surface area contributed by atoms with Gasteiger partial charge in [0.2, 0.25) is 0 Å². The highest BCUT2D eigenvalue weighted by Crippen LogP contribution is 2.28. The Bertz CT molecular complexity index is 264. The van der Waals surface area contributed by atoms with Gasteiger partial charge in [0, 0.05) is 6.42 Å². The van der Waals surface area contributed by atoms with Crippen LogP contribution in [0.4, 0.5) is 0 Å². The van der Waals surface area contributed by atoms with E-state index in [1.807, 2.05) is 6.08 Å². The first-order valence-corrected chi connectivity index (χ1v) is 5.82. The summed E-state index contributed by atoms with van der Waals surface area (Å²) in [6.45, 7) is 3.69. The molecule has 1 aliphatic rings. The van der Waals surface area contributed by atoms with E-state index < -0.39 is 0 Å². The topological polar surface area (TPSA) is 40.9 Å². The van der Waals surface area contributed by atoms with Crippen LogP contribution in [0.1, 0.15) is 44.9 Å². The first-order chi connectivity index (χ1) is 7.29. The molecule has 1 fully saturated rings. The normalized spacial score (nSPS) is 27.5. The number of nitrogens with zero attached hydrogens (tertiary/aromatic N) is 1. The summed E-state index contributed by atoms with van der Waals surface area (Å²) in [4.78, 5) is 11.7. The molecule has 2 atom stereocenters. The van der Waals surface area contributed by atoms with E-state index in [1.54, 1.807) is 0 Å². The SMILES string of the molecule is C=CCCC1CCCCCC(=O)C1C#N. The molecule has 0 N–H and O–H groups in total. The molecule has 1 aliphatic carbocycles. The fourth-order valence-corrected chi connectivity index (χ4v) is 2.29. The van der Waals surface area contributed by atoms with Gasteiger partial charge in [-0.2, -0.15) is 5.26 Å². The van der Waals surface area contributed by atoms with Crippen LogP contribution in [-0.4, -0.2) is 5.78 Å². The van der Waals surface area contributed by atoms with Crippen LogP contribution >= 0.6 is 0 Å². The van der Waals surface area contributed by atoms with Gasteiger partial charge in [-0.25, -0.2) is 0 Å². The lowest BCUT2D eigenvalue weighted by molar-refractivity contribution is -0.123. The van der Waals surface area contributed by atoms with Crippen molar-refractivity contribution in [1.82, 2.24) is 0 Å². The molecule has 0 aliphatic heterocycles. The third-order valence-corrected chi connectivity index (χ3v) is 3.20. The van der Waals surface area contributed by atoms with E-state index in [0.717, 1.165) is 38.5 Å². The predicted octanol–water partition coefficient (Wildman–Crippen LogP) is 3.24. The second-order valence-corrected chi connectivity index (χ2v) is 4.30. The van der Waals surface area contributed by atoms with Gasteiger partial charge in [0.05, 0.1) is 6.07 Å². The number of allylic oxidation sites excluding steroid dienone is 1. The minimum Gasteiger partial charge on any atom is -0.298 e. The molecule has 0 aromatic rings. The van der Waals surface area contributed by atoms with Gasteiger partial charge in [0.1, 0.15) is 11.7 Å². The Kier molecular flexibility index (Phi) is 5.10. The largest absolute Gasteiger partial charge is 0.298 e. The van der Waals surface area contributed by atoms with Crippen LogP contribution in [0.3, 0.4) is 0 Å². The first kappa shape index (κ1) is 12.0. The Labute approximate surface area is 92.0 Å². The summed E-state index contributed by atoms with van der Waals surface area (Å²) in [5.74, 6) is 0.0670. The Morgan fingerprint density at radius 2 is 2.27 bits per heavy atom. The number of carbonyl (C=O) groups excluding carboxylic acids is 1. The van der Waals surface area contributed by atoms with Gasteiger partial charge >= 0.3 is 0 Å². The van der Waals surface area contributed by atoms with E-state index >= 15 is 0 Å². The summed E-state index contributed by atoms with van der Waals surface area (Å²) in [7, 11) is 0. The standard InChI is InChI=1S/C13H19NO/c1-2-3-7-11-8-5-4-6-9-13(15)12(11)10-14/h2,11-12H,1,3-9H2. The smallest absolute Gasteiger partial charge is 0.150 e. The molecule has 1 rings (SSSR count). The molecule has 0 aromatic carbocycles. The molecule has 1 saturated carbocycles. The number of hydrogen-bond donors (Lipinski definition) is 0. The Balaban J connectivity index is 2.64. The summed E-state index contributed by atoms with van der Waals surface area (Å²) in [6, 6.07) is 2.20. The van der Waals surface area contributed by atoms with E-state index in [2.05, 4.69) is 12.6 Å². The third kappa shape index (κ3) is 3.51. The van der Waals surface area contributed by atoms with Crippen LogP contribution in [0.25, 0.3) is 0 Å². The zero-order valence-corrected chi connectivity index (χ0v) is 9.24. The van der Waals surface area contributed by atoms with Crippen LogP contribution in [0, 0.1) is 23.2 Å². The van der Waals surface area contributed by atoms with E-state index in [0.29, 0.717) is 6.42 Å². The average Bonchev–Trinajstić information content (AvgIpc) is 2.22. The molecule has 0 heterocycles. The zero-order chi connectivity index (χ0) is 11.1. The molecular formula is C13H19NO. The van der Waals surface area contributed by atoms with Crippen molar-refractivity contribution < 1.29 is 4.79 Å². The number of ketones is 1. The van der Waals surface area contributed by atoms with Crippen LogP contribution in [0.15, 0.2) is 12.7 Å². The zero-order valence-electron chi connectivity index (χ0n) is 9.24. The maximum Gasteiger partial charge on any atom is 0.150 e. The van der Waals surface area contributed by atoms with Crippen molar-refractivity contribution in [3.8, 4) is 6.07 Å². The maximum atomic E-state index is 11.7. The van der Waals surface area contributed by atoms with E-state index in [9.17, 15) is 4.79 Å². The number of Topliss-reactive ketones (excluding diaryl/α,β-unsaturated/α-hetero) is 1. The van der Waals surface area contributed by atoms with Crippen molar-refractivity contribution in [3.63, 3.8) is 0 Å². The molecule has 0 aromatic heterocycles. The predicted molar refractivity (Wildman–Crippen MR) is 60.1 cm³/mol. The van der Waals surface area contributed by atoms with Crippen molar-refractivity contribution in [2.45, 2.75) is 44.9 Å². The van der Waals surface area contributed by atoms with Crippen molar-refractivity contribution in [3.05, 3.63) is 12.7 Å². The summed E-state index contributed by atoms with van der Waals surface area (Å²) in [6.07, 6.45) is 8.61. The second kappa shape index (κ2) is 6.40. The Morgan fingerprint density at radius 3 is 2.93 bits per heavy atom. The molecule has 0 saturated heterocycles. The summed E-state index contributed by atoms with van der Waals surface area (Å²) < 4.78 is 0. The summed E-state index contributed by atoms with van der Waals surface area (Å²) >= 11 is 0. The highest BCUT2D eigenvalue weighted by Gasteiger charge is 2.28. The van der Waals surface area contributed by atoms with Gasteiger partial charge < -0.3 is 0 Å². The van der Waals surface area contributed by atoms with Crippen molar-refractivity contribution in [1.29, 1.82) is 5.26 Å². The molecule has 2 unspecified atom stereocenters. The van der Waals surface area contributed by atoms with E-state index in [-0.39, 0.29) is 17.6 Å². The Morgan fingerprint density at radius 1 is 1.47 bits per heavy atom. The van der Waals surface area contributed by atoms with Gasteiger partial charge in [0.25, 0.3) is 0 Å². The molecule has 82 valence electrons. The lowest BCUT2D eigenvalue weighted by Gasteiger charge is -2.22. The quantitative estimate of drug-likeness (QED) is 0.664. The molecule has 2 heteroatoms. The van der Waals surface area contributed by atoms with E-state index in [4.69, 9.17) is 5.26 Å². The van der Waals surface area contributed by atoms with Crippen molar-refractivity contribution in [2.24, 2.45) is 11.8 Å². The Hall–Kier alpha value is -1.10. The number of hydrogen-bond acceptors (Lipinski definition) is 2. The monoisotopic (exact) mass is 205 g/mol. The summed E-state index contributed by atoms with van der Waals surface area (Å²) in [5.41, 5.74) is 0. The van der Waals surface area contributed by atoms with Gasteiger partial charge in [-0.1, -0.05) is 18.9 Å². The highest BCUT2D eigenvalue weighted by molar-refractivity contribution is 5.83. The van der Waals surface area contributed by atoms with Crippen LogP contribution in [0.2, 0.25) is 0 Å². The van der Waals surface area contributed by atoms with Gasteiger partial charge in [-0.15, -0.1) is 6.58 Å². The summed E-state index contributed by atoms with van der Waals surface area (Å²) in [5, 5.41) is 9.05. The molecule has 0 amide bonds. The average molecular weight is 205 g/mol. The van der Waals surface area contributed by atoms with Crippen LogP contribution in [-0.2, 0) is 4.79 Å². The first-order valence-electron chi connectivity index (χ1n) is 5.82. The number of carbonyl (C=O) groups is 1. The molecule has 0 bridgehead atoms. The van der Waals surface area contributed by atoms with E-state index in [1.165, 1.54) is 0 Å². The fraction of sp³-hybridized carbons (Fsp3) is 0.692. The maximum absolute atomic E-state index is 11.7. The van der Waals surface area contributed by atoms with Crippen molar-refractivity contribution in [2.75, 3.05) is 0 Å². The molecule has 0 radical (unpaired) electrons.